The summed E-state index contributed by atoms with van der Waals surface area (Å²) in [5.41, 5.74) is 0.0485. The molecule has 1 heterocycles. The number of hydrogen-bond donors (Lipinski definition) is 2. The monoisotopic (exact) mass is 337 g/mol. The van der Waals surface area contributed by atoms with Crippen LogP contribution in [0.15, 0.2) is 27.7 Å². The Morgan fingerprint density at radius 1 is 1.55 bits per heavy atom. The van der Waals surface area contributed by atoms with Crippen molar-refractivity contribution in [3.05, 3.63) is 28.2 Å². The Morgan fingerprint density at radius 3 is 2.90 bits per heavy atom. The summed E-state index contributed by atoms with van der Waals surface area (Å²) in [5, 5.41) is 21.6. The number of halogens is 1. The third-order valence-corrected chi connectivity index (χ3v) is 3.74. The molecule has 0 spiro atoms. The van der Waals surface area contributed by atoms with Crippen LogP contribution in [0, 0.1) is 11.5 Å². The zero-order valence-corrected chi connectivity index (χ0v) is 13.1. The van der Waals surface area contributed by atoms with Crippen LogP contribution >= 0.6 is 15.9 Å². The van der Waals surface area contributed by atoms with Gasteiger partial charge in [-0.15, -0.1) is 0 Å². The largest absolute Gasteiger partial charge is 0.485 e. The number of aliphatic hydroxyl groups excluding tert-OH is 1. The van der Waals surface area contributed by atoms with Crippen molar-refractivity contribution in [1.29, 1.82) is 5.26 Å². The van der Waals surface area contributed by atoms with E-state index in [4.69, 9.17) is 10.00 Å². The predicted molar refractivity (Wildman–Crippen MR) is 79.5 cm³/mol. The topological polar surface area (TPSA) is 77.6 Å². The molecule has 1 aromatic carbocycles. The van der Waals surface area contributed by atoms with Crippen molar-refractivity contribution in [2.75, 3.05) is 0 Å². The number of nitrogens with one attached hydrogen (secondary N) is 1. The summed E-state index contributed by atoms with van der Waals surface area (Å²) in [7, 11) is 0. The van der Waals surface area contributed by atoms with E-state index in [1.807, 2.05) is 38.2 Å². The van der Waals surface area contributed by atoms with Gasteiger partial charge in [0.25, 0.3) is 0 Å². The van der Waals surface area contributed by atoms with Crippen LogP contribution in [0.2, 0.25) is 0 Å². The Labute approximate surface area is 126 Å². The number of rotatable bonds is 1. The van der Waals surface area contributed by atoms with E-state index in [9.17, 15) is 5.11 Å². The van der Waals surface area contributed by atoms with E-state index in [1.54, 1.807) is 6.92 Å². The fourth-order valence-electron chi connectivity index (χ4n) is 2.20. The molecule has 2 unspecified atom stereocenters. The van der Waals surface area contributed by atoms with Gasteiger partial charge in [0, 0.05) is 10.0 Å². The lowest BCUT2D eigenvalue weighted by molar-refractivity contribution is -0.0567. The molecule has 2 atom stereocenters. The normalized spacial score (nSPS) is 24.3. The second-order valence-electron chi connectivity index (χ2n) is 5.23. The number of fused-ring (bicyclic) bond motifs is 1. The molecule has 0 saturated carbocycles. The van der Waals surface area contributed by atoms with Crippen LogP contribution in [-0.2, 0) is 0 Å². The highest BCUT2D eigenvalue weighted by Gasteiger charge is 2.43. The zero-order chi connectivity index (χ0) is 14.9. The lowest BCUT2D eigenvalue weighted by Gasteiger charge is -2.40. The maximum absolute atomic E-state index is 10.5. The second-order valence-corrected chi connectivity index (χ2v) is 6.14. The van der Waals surface area contributed by atoms with Crippen molar-refractivity contribution >= 4 is 21.8 Å². The Morgan fingerprint density at radius 2 is 2.25 bits per heavy atom. The maximum Gasteiger partial charge on any atom is 0.182 e. The Kier molecular flexibility index (Phi) is 4.02. The average Bonchev–Trinajstić information content (AvgIpc) is 2.36. The first-order chi connectivity index (χ1) is 9.35. The maximum atomic E-state index is 10.5. The van der Waals surface area contributed by atoms with Gasteiger partial charge in [-0.1, -0.05) is 15.9 Å². The van der Waals surface area contributed by atoms with Crippen LogP contribution in [0.25, 0.3) is 0 Å². The van der Waals surface area contributed by atoms with E-state index in [0.29, 0.717) is 11.6 Å². The Balaban J connectivity index is 2.51. The molecule has 6 heteroatoms. The summed E-state index contributed by atoms with van der Waals surface area (Å²) >= 11 is 3.41. The summed E-state index contributed by atoms with van der Waals surface area (Å²) in [4.78, 5) is 4.42. The van der Waals surface area contributed by atoms with Gasteiger partial charge in [0.1, 0.15) is 29.3 Å². The van der Waals surface area contributed by atoms with Crippen molar-refractivity contribution in [1.82, 2.24) is 5.32 Å². The minimum Gasteiger partial charge on any atom is -0.485 e. The highest BCUT2D eigenvalue weighted by atomic mass is 79.9. The van der Waals surface area contributed by atoms with Gasteiger partial charge in [0.2, 0.25) is 0 Å². The molecule has 0 bridgehead atoms. The molecule has 5 nitrogen and oxygen atoms in total. The number of ether oxygens (including phenoxy) is 1. The molecule has 0 fully saturated rings. The lowest BCUT2D eigenvalue weighted by Crippen LogP contribution is -2.48. The zero-order valence-electron chi connectivity index (χ0n) is 11.5. The third kappa shape index (κ3) is 2.79. The average molecular weight is 338 g/mol. The number of nitriles is 1. The van der Waals surface area contributed by atoms with Crippen LogP contribution in [0.3, 0.4) is 0 Å². The van der Waals surface area contributed by atoms with E-state index in [-0.39, 0.29) is 0 Å². The van der Waals surface area contributed by atoms with Crippen LogP contribution in [0.5, 0.6) is 5.75 Å². The first kappa shape index (κ1) is 14.8. The first-order valence-electron chi connectivity index (χ1n) is 6.21. The van der Waals surface area contributed by atoms with E-state index < -0.39 is 17.7 Å². The molecule has 0 aromatic heterocycles. The van der Waals surface area contributed by atoms with Crippen molar-refractivity contribution in [3.63, 3.8) is 0 Å². The van der Waals surface area contributed by atoms with Crippen LogP contribution in [-0.4, -0.2) is 22.6 Å². The van der Waals surface area contributed by atoms with Gasteiger partial charge in [-0.05, 0) is 39.0 Å². The highest BCUT2D eigenvalue weighted by Crippen LogP contribution is 2.42. The van der Waals surface area contributed by atoms with Crippen LogP contribution < -0.4 is 10.1 Å². The molecule has 0 amide bonds. The minimum absolute atomic E-state index is 0.458. The second kappa shape index (κ2) is 5.43. The molecule has 1 aliphatic rings. The molecule has 20 heavy (non-hydrogen) atoms. The summed E-state index contributed by atoms with van der Waals surface area (Å²) in [5.74, 6) is 1.15. The van der Waals surface area contributed by atoms with Crippen molar-refractivity contribution in [2.24, 2.45) is 4.99 Å². The molecule has 0 saturated heterocycles. The van der Waals surface area contributed by atoms with Gasteiger partial charge < -0.3 is 9.84 Å². The summed E-state index contributed by atoms with van der Waals surface area (Å²) in [6, 6.07) is 5.13. The molecular formula is C14H16BrN3O2. The molecular weight excluding hydrogens is 322 g/mol. The van der Waals surface area contributed by atoms with E-state index >= 15 is 0 Å². The summed E-state index contributed by atoms with van der Waals surface area (Å²) in [6.45, 7) is 5.33. The van der Waals surface area contributed by atoms with Crippen molar-refractivity contribution in [2.45, 2.75) is 38.5 Å². The summed E-state index contributed by atoms with van der Waals surface area (Å²) in [6.07, 6.45) is 1.02. The Bertz CT molecular complexity index is 593. The van der Waals surface area contributed by atoms with Crippen LogP contribution in [0.4, 0.5) is 0 Å². The van der Waals surface area contributed by atoms with Crippen molar-refractivity contribution < 1.29 is 9.84 Å². The minimum atomic E-state index is -0.806. The lowest BCUT2D eigenvalue weighted by atomic mass is 9.87. The highest BCUT2D eigenvalue weighted by molar-refractivity contribution is 9.10. The quantitative estimate of drug-likeness (QED) is 0.357. The molecule has 0 radical (unpaired) electrons. The molecule has 106 valence electrons. The molecule has 2 N–H and O–H groups in total. The number of benzene rings is 1. The standard InChI is InChI=1S/C14H16BrN3O2/c1-8(17-7-16)18-12-10-6-9(15)4-5-11(10)20-14(2,3)13(12)19/h4-6,12-13,19H,1-3H3,(H,17,18). The predicted octanol–water partition coefficient (Wildman–Crippen LogP) is 2.51. The van der Waals surface area contributed by atoms with Crippen LogP contribution in [0.1, 0.15) is 32.4 Å². The van der Waals surface area contributed by atoms with Gasteiger partial charge in [-0.2, -0.15) is 5.26 Å². The first-order valence-corrected chi connectivity index (χ1v) is 7.00. The smallest absolute Gasteiger partial charge is 0.182 e. The van der Waals surface area contributed by atoms with E-state index in [2.05, 4.69) is 26.2 Å². The Hall–Kier alpha value is -1.58. The number of nitrogens with zero attached hydrogens (tertiary/aromatic N) is 2. The number of aliphatic hydroxyl groups is 1. The fraction of sp³-hybridized carbons (Fsp3) is 0.429. The fourth-order valence-corrected chi connectivity index (χ4v) is 2.58. The van der Waals surface area contributed by atoms with Gasteiger partial charge in [0.15, 0.2) is 6.19 Å². The van der Waals surface area contributed by atoms with E-state index in [1.165, 1.54) is 0 Å². The van der Waals surface area contributed by atoms with Gasteiger partial charge in [0.05, 0.1) is 0 Å². The SMILES string of the molecule is CC(=NC1c2cc(Br)ccc2OC(C)(C)C1O)NC#N. The molecule has 0 aliphatic carbocycles. The molecule has 2 rings (SSSR count). The summed E-state index contributed by atoms with van der Waals surface area (Å²) < 4.78 is 6.72. The number of aliphatic imine (C=N–C) groups is 1. The number of amidine groups is 1. The molecule has 1 aliphatic heterocycles. The molecule has 1 aromatic rings. The third-order valence-electron chi connectivity index (χ3n) is 3.24. The van der Waals surface area contributed by atoms with E-state index in [0.717, 1.165) is 10.0 Å². The number of hydrogen-bond acceptors (Lipinski definition) is 4. The van der Waals surface area contributed by atoms with Gasteiger partial charge in [-0.25, -0.2) is 0 Å². The van der Waals surface area contributed by atoms with Gasteiger partial charge in [-0.3, -0.25) is 10.3 Å². The van der Waals surface area contributed by atoms with Gasteiger partial charge >= 0.3 is 0 Å². The van der Waals surface area contributed by atoms with Crippen molar-refractivity contribution in [3.8, 4) is 11.9 Å².